The number of halogens is 1. The summed E-state index contributed by atoms with van der Waals surface area (Å²) in [6, 6.07) is 1.88. The summed E-state index contributed by atoms with van der Waals surface area (Å²) in [7, 11) is 0. The topological polar surface area (TPSA) is 143 Å². The fourth-order valence-corrected chi connectivity index (χ4v) is 4.40. The number of esters is 2. The number of carbonyl (C=O) groups is 2. The minimum atomic E-state index is -1.03. The van der Waals surface area contributed by atoms with E-state index in [4.69, 9.17) is 30.3 Å². The minimum Gasteiger partial charge on any atom is -0.455 e. The van der Waals surface area contributed by atoms with Gasteiger partial charge in [0.1, 0.15) is 17.6 Å². The molecule has 0 bridgehead atoms. The smallest absolute Gasteiger partial charge is 0.303 e. The molecule has 36 heavy (non-hydrogen) atoms. The van der Waals surface area contributed by atoms with Crippen LogP contribution >= 0.6 is 11.6 Å². The van der Waals surface area contributed by atoms with Gasteiger partial charge in [-0.3, -0.25) is 14.2 Å². The number of anilines is 1. The van der Waals surface area contributed by atoms with E-state index in [1.165, 1.54) is 20.2 Å². The third-order valence-corrected chi connectivity index (χ3v) is 6.17. The standard InChI is InChI=1S/C23H29ClN6O6/c1-6-13(7-2)26-20-16-21(28-23(24)27-20)30(10-25-16)22-19(34-12(5)32)18(33-11(4)31)17(35-22)15-9-14(8-3)36-29-15/h9-10,13,17-19,22H,6-8H2,1-5H3,(H,26,27,28). The van der Waals surface area contributed by atoms with Crippen molar-refractivity contribution in [2.75, 3.05) is 5.32 Å². The van der Waals surface area contributed by atoms with Crippen LogP contribution in [0.2, 0.25) is 5.28 Å². The van der Waals surface area contributed by atoms with Crippen LogP contribution in [0.4, 0.5) is 5.82 Å². The number of imidazole rings is 1. The summed E-state index contributed by atoms with van der Waals surface area (Å²) in [5, 5.41) is 7.45. The van der Waals surface area contributed by atoms with Crippen molar-refractivity contribution < 1.29 is 28.3 Å². The molecule has 13 heteroatoms. The quantitative estimate of drug-likeness (QED) is 0.325. The summed E-state index contributed by atoms with van der Waals surface area (Å²) in [5.41, 5.74) is 1.24. The second-order valence-corrected chi connectivity index (χ2v) is 8.83. The van der Waals surface area contributed by atoms with E-state index in [0.29, 0.717) is 34.9 Å². The molecule has 3 aromatic rings. The number of hydrogen-bond donors (Lipinski definition) is 1. The first kappa shape index (κ1) is 25.8. The van der Waals surface area contributed by atoms with E-state index < -0.39 is 36.5 Å². The van der Waals surface area contributed by atoms with Crippen molar-refractivity contribution in [2.45, 2.75) is 84.5 Å². The molecule has 0 spiro atoms. The molecule has 1 saturated heterocycles. The summed E-state index contributed by atoms with van der Waals surface area (Å²) >= 11 is 6.27. The molecule has 4 heterocycles. The summed E-state index contributed by atoms with van der Waals surface area (Å²) in [6.07, 6.45) is 0.0209. The summed E-state index contributed by atoms with van der Waals surface area (Å²) in [6.45, 7) is 8.59. The Morgan fingerprint density at radius 3 is 2.44 bits per heavy atom. The van der Waals surface area contributed by atoms with Crippen LogP contribution in [-0.4, -0.2) is 54.9 Å². The molecule has 4 rings (SSSR count). The van der Waals surface area contributed by atoms with E-state index >= 15 is 0 Å². The molecule has 0 aromatic carbocycles. The molecule has 4 unspecified atom stereocenters. The highest BCUT2D eigenvalue weighted by molar-refractivity contribution is 6.28. The lowest BCUT2D eigenvalue weighted by molar-refractivity contribution is -0.165. The Morgan fingerprint density at radius 1 is 1.14 bits per heavy atom. The first-order valence-electron chi connectivity index (χ1n) is 11.9. The van der Waals surface area contributed by atoms with Crippen molar-refractivity contribution in [3.8, 4) is 0 Å². The molecular weight excluding hydrogens is 492 g/mol. The van der Waals surface area contributed by atoms with Crippen LogP contribution in [-0.2, 0) is 30.2 Å². The number of rotatable bonds is 9. The van der Waals surface area contributed by atoms with Gasteiger partial charge in [0.05, 0.1) is 6.33 Å². The fourth-order valence-electron chi connectivity index (χ4n) is 4.23. The first-order chi connectivity index (χ1) is 17.2. The molecule has 0 radical (unpaired) electrons. The highest BCUT2D eigenvalue weighted by atomic mass is 35.5. The Bertz CT molecular complexity index is 1240. The van der Waals surface area contributed by atoms with Gasteiger partial charge in [0, 0.05) is 32.4 Å². The molecule has 1 fully saturated rings. The number of aryl methyl sites for hydroxylation is 1. The van der Waals surface area contributed by atoms with Crippen LogP contribution in [0.25, 0.3) is 11.2 Å². The number of fused-ring (bicyclic) bond motifs is 1. The summed E-state index contributed by atoms with van der Waals surface area (Å²) in [5.74, 6) is -0.0267. The normalized spacial score (nSPS) is 21.8. The predicted octanol–water partition coefficient (Wildman–Crippen LogP) is 3.76. The van der Waals surface area contributed by atoms with Crippen LogP contribution < -0.4 is 5.32 Å². The van der Waals surface area contributed by atoms with Gasteiger partial charge in [-0.25, -0.2) is 4.98 Å². The Balaban J connectivity index is 1.80. The molecule has 1 aliphatic rings. The lowest BCUT2D eigenvalue weighted by Gasteiger charge is -2.23. The maximum atomic E-state index is 12.1. The van der Waals surface area contributed by atoms with Gasteiger partial charge < -0.3 is 24.1 Å². The van der Waals surface area contributed by atoms with Gasteiger partial charge in [0.25, 0.3) is 0 Å². The molecule has 1 aliphatic heterocycles. The number of hydrogen-bond acceptors (Lipinski definition) is 11. The van der Waals surface area contributed by atoms with Crippen molar-refractivity contribution in [1.29, 1.82) is 0 Å². The van der Waals surface area contributed by atoms with E-state index in [9.17, 15) is 9.59 Å². The molecule has 0 amide bonds. The Morgan fingerprint density at radius 2 is 1.83 bits per heavy atom. The molecule has 12 nitrogen and oxygen atoms in total. The first-order valence-corrected chi connectivity index (χ1v) is 12.2. The number of carbonyl (C=O) groups excluding carboxylic acids is 2. The van der Waals surface area contributed by atoms with Crippen LogP contribution in [0, 0.1) is 0 Å². The van der Waals surface area contributed by atoms with Gasteiger partial charge in [-0.2, -0.15) is 9.97 Å². The molecule has 1 N–H and O–H groups in total. The number of nitrogens with one attached hydrogen (secondary N) is 1. The van der Waals surface area contributed by atoms with Crippen LogP contribution in [0.3, 0.4) is 0 Å². The second kappa shape index (κ2) is 10.8. The monoisotopic (exact) mass is 520 g/mol. The van der Waals surface area contributed by atoms with E-state index in [-0.39, 0.29) is 11.3 Å². The Labute approximate surface area is 212 Å². The van der Waals surface area contributed by atoms with Gasteiger partial charge in [-0.05, 0) is 24.4 Å². The van der Waals surface area contributed by atoms with Crippen molar-refractivity contribution in [3.05, 3.63) is 29.1 Å². The highest BCUT2D eigenvalue weighted by Crippen LogP contribution is 2.43. The second-order valence-electron chi connectivity index (χ2n) is 8.49. The molecule has 194 valence electrons. The van der Waals surface area contributed by atoms with Gasteiger partial charge in [-0.1, -0.05) is 25.9 Å². The summed E-state index contributed by atoms with van der Waals surface area (Å²) < 4.78 is 24.4. The lowest BCUT2D eigenvalue weighted by atomic mass is 10.1. The fraction of sp³-hybridized carbons (Fsp3) is 0.565. The average molecular weight is 521 g/mol. The maximum absolute atomic E-state index is 12.1. The minimum absolute atomic E-state index is 0.0110. The lowest BCUT2D eigenvalue weighted by Crippen LogP contribution is -2.36. The summed E-state index contributed by atoms with van der Waals surface area (Å²) in [4.78, 5) is 37.2. The van der Waals surface area contributed by atoms with E-state index in [2.05, 4.69) is 39.3 Å². The SMILES string of the molecule is CCc1cc(C2OC(n3cnc4c(NC(CC)CC)nc(Cl)nc43)C(OC(C)=O)C2OC(C)=O)no1. The zero-order valence-corrected chi connectivity index (χ0v) is 21.5. The molecule has 3 aromatic heterocycles. The number of aromatic nitrogens is 5. The molecular formula is C23H29ClN6O6. The predicted molar refractivity (Wildman–Crippen MR) is 128 cm³/mol. The molecule has 4 atom stereocenters. The molecule has 0 saturated carbocycles. The van der Waals surface area contributed by atoms with Crippen molar-refractivity contribution in [3.63, 3.8) is 0 Å². The van der Waals surface area contributed by atoms with Crippen LogP contribution in [0.5, 0.6) is 0 Å². The number of nitrogens with zero attached hydrogens (tertiary/aromatic N) is 5. The highest BCUT2D eigenvalue weighted by Gasteiger charge is 2.52. The zero-order valence-electron chi connectivity index (χ0n) is 20.7. The third-order valence-electron chi connectivity index (χ3n) is 6.01. The molecule has 0 aliphatic carbocycles. The van der Waals surface area contributed by atoms with Crippen molar-refractivity contribution >= 4 is 40.5 Å². The zero-order chi connectivity index (χ0) is 26.0. The largest absolute Gasteiger partial charge is 0.455 e. The van der Waals surface area contributed by atoms with Gasteiger partial charge in [0.15, 0.2) is 35.4 Å². The average Bonchev–Trinajstić information content (AvgIpc) is 3.54. The maximum Gasteiger partial charge on any atom is 0.303 e. The van der Waals surface area contributed by atoms with E-state index in [1.54, 1.807) is 10.6 Å². The van der Waals surface area contributed by atoms with E-state index in [0.717, 1.165) is 12.8 Å². The third kappa shape index (κ3) is 5.14. The Hall–Kier alpha value is -3.25. The number of ether oxygens (including phenoxy) is 3. The van der Waals surface area contributed by atoms with Gasteiger partial charge in [-0.15, -0.1) is 0 Å². The van der Waals surface area contributed by atoms with Crippen molar-refractivity contribution in [1.82, 2.24) is 24.7 Å². The van der Waals surface area contributed by atoms with Crippen LogP contribution in [0.1, 0.15) is 71.2 Å². The van der Waals surface area contributed by atoms with Crippen LogP contribution in [0.15, 0.2) is 16.9 Å². The Kier molecular flexibility index (Phi) is 7.74. The van der Waals surface area contributed by atoms with Gasteiger partial charge >= 0.3 is 11.9 Å². The van der Waals surface area contributed by atoms with Crippen molar-refractivity contribution in [2.24, 2.45) is 0 Å². The van der Waals surface area contributed by atoms with Gasteiger partial charge in [0.2, 0.25) is 5.28 Å². The van der Waals surface area contributed by atoms with E-state index in [1.807, 2.05) is 6.92 Å².